The summed E-state index contributed by atoms with van der Waals surface area (Å²) in [6.45, 7) is 3.87. The Kier molecular flexibility index (Phi) is 8.41. The molecule has 0 radical (unpaired) electrons. The summed E-state index contributed by atoms with van der Waals surface area (Å²) >= 11 is 12.8. The summed E-state index contributed by atoms with van der Waals surface area (Å²) in [6.07, 6.45) is 0.203. The number of carbonyl (C=O) groups is 1. The van der Waals surface area contributed by atoms with Gasteiger partial charge in [0.1, 0.15) is 22.1 Å². The van der Waals surface area contributed by atoms with Crippen LogP contribution in [0.2, 0.25) is 10.0 Å². The van der Waals surface area contributed by atoms with Gasteiger partial charge < -0.3 is 15.2 Å². The lowest BCUT2D eigenvalue weighted by atomic mass is 10.0. The van der Waals surface area contributed by atoms with Crippen molar-refractivity contribution < 1.29 is 27.6 Å². The number of benzene rings is 4. The Labute approximate surface area is 234 Å². The minimum absolute atomic E-state index is 0.000357. The summed E-state index contributed by atoms with van der Waals surface area (Å²) in [6, 6.07) is 15.9. The van der Waals surface area contributed by atoms with Gasteiger partial charge in [-0.25, -0.2) is 0 Å². The molecular weight excluding hydrogens is 565 g/mol. The molecule has 1 amide bonds. The van der Waals surface area contributed by atoms with Crippen LogP contribution in [0.15, 0.2) is 75.8 Å². The van der Waals surface area contributed by atoms with E-state index in [4.69, 9.17) is 27.9 Å². The van der Waals surface area contributed by atoms with Gasteiger partial charge in [-0.3, -0.25) is 9.35 Å². The molecular formula is C27H23Cl2N3O6S. The first-order valence-electron chi connectivity index (χ1n) is 11.7. The molecule has 0 heterocycles. The first-order valence-corrected chi connectivity index (χ1v) is 13.9. The van der Waals surface area contributed by atoms with Crippen LogP contribution in [0.25, 0.3) is 10.8 Å². The van der Waals surface area contributed by atoms with Gasteiger partial charge in [0.15, 0.2) is 5.75 Å². The minimum Gasteiger partial charge on any atom is -0.505 e. The van der Waals surface area contributed by atoms with E-state index in [1.54, 1.807) is 49.4 Å². The maximum Gasteiger partial charge on any atom is 0.294 e. The van der Waals surface area contributed by atoms with Crippen LogP contribution in [0.4, 0.5) is 17.1 Å². The number of halogens is 2. The predicted molar refractivity (Wildman–Crippen MR) is 151 cm³/mol. The number of hydrogen-bond acceptors (Lipinski definition) is 7. The lowest BCUT2D eigenvalue weighted by Gasteiger charge is -2.13. The van der Waals surface area contributed by atoms with E-state index in [1.165, 1.54) is 18.2 Å². The van der Waals surface area contributed by atoms with Crippen molar-refractivity contribution in [1.29, 1.82) is 0 Å². The van der Waals surface area contributed by atoms with Crippen LogP contribution in [0, 0.1) is 0 Å². The third-order valence-corrected chi connectivity index (χ3v) is 7.57. The highest BCUT2D eigenvalue weighted by Gasteiger charge is 2.22. The molecule has 0 bridgehead atoms. The number of ether oxygens (including phenoxy) is 1. The number of fused-ring (bicyclic) bond motifs is 1. The summed E-state index contributed by atoms with van der Waals surface area (Å²) in [5.74, 6) is -0.681. The molecule has 9 nitrogen and oxygen atoms in total. The van der Waals surface area contributed by atoms with Crippen molar-refractivity contribution in [1.82, 2.24) is 0 Å². The number of nitrogens with zero attached hydrogens (tertiary/aromatic N) is 2. The first-order chi connectivity index (χ1) is 18.6. The van der Waals surface area contributed by atoms with Crippen molar-refractivity contribution in [2.24, 2.45) is 10.2 Å². The van der Waals surface area contributed by atoms with Crippen molar-refractivity contribution in [3.63, 3.8) is 0 Å². The smallest absolute Gasteiger partial charge is 0.294 e. The summed E-state index contributed by atoms with van der Waals surface area (Å²) in [7, 11) is -4.50. The Morgan fingerprint density at radius 1 is 1.00 bits per heavy atom. The first kappa shape index (κ1) is 28.3. The maximum atomic E-state index is 13.3. The molecule has 0 spiro atoms. The molecule has 0 fully saturated rings. The topological polar surface area (TPSA) is 138 Å². The van der Waals surface area contributed by atoms with Crippen LogP contribution in [-0.4, -0.2) is 30.6 Å². The van der Waals surface area contributed by atoms with Crippen LogP contribution in [0.3, 0.4) is 0 Å². The van der Waals surface area contributed by atoms with Crippen LogP contribution < -0.4 is 10.1 Å². The second-order valence-corrected chi connectivity index (χ2v) is 10.4. The fraction of sp³-hybridized carbons (Fsp3) is 0.148. The number of rotatable bonds is 8. The van der Waals surface area contributed by atoms with Gasteiger partial charge in [-0.15, -0.1) is 10.2 Å². The van der Waals surface area contributed by atoms with Gasteiger partial charge in [-0.05, 0) is 54.6 Å². The molecule has 0 aromatic heterocycles. The number of carbonyl (C=O) groups excluding carboxylic acids is 1. The lowest BCUT2D eigenvalue weighted by Crippen LogP contribution is -2.13. The summed E-state index contributed by atoms with van der Waals surface area (Å²) in [5, 5.41) is 23.4. The Balaban J connectivity index is 1.79. The Bertz CT molecular complexity index is 1720. The van der Waals surface area contributed by atoms with Gasteiger partial charge in [0.25, 0.3) is 16.0 Å². The summed E-state index contributed by atoms with van der Waals surface area (Å²) in [5.41, 5.74) is 0.492. The molecule has 0 aliphatic carbocycles. The van der Waals surface area contributed by atoms with Crippen LogP contribution in [-0.2, 0) is 16.5 Å². The monoisotopic (exact) mass is 587 g/mol. The van der Waals surface area contributed by atoms with Crippen molar-refractivity contribution >= 4 is 67.1 Å². The average molecular weight is 588 g/mol. The molecule has 0 aliphatic rings. The van der Waals surface area contributed by atoms with E-state index < -0.39 is 21.8 Å². The van der Waals surface area contributed by atoms with E-state index in [2.05, 4.69) is 15.5 Å². The van der Waals surface area contributed by atoms with E-state index in [-0.39, 0.29) is 43.9 Å². The Hall–Kier alpha value is -3.70. The van der Waals surface area contributed by atoms with Gasteiger partial charge >= 0.3 is 0 Å². The van der Waals surface area contributed by atoms with E-state index >= 15 is 0 Å². The third kappa shape index (κ3) is 5.84. The molecule has 4 aromatic carbocycles. The minimum atomic E-state index is -4.50. The van der Waals surface area contributed by atoms with Crippen molar-refractivity contribution in [3.8, 4) is 11.5 Å². The largest absolute Gasteiger partial charge is 0.505 e. The van der Waals surface area contributed by atoms with E-state index in [1.807, 2.05) is 6.92 Å². The standard InChI is InChI=1S/C27H23Cl2N3O6S/c1-3-16-22(39(35,36)37)13-12-20(23(16)28)31-32-25-17-9-6-5-8-15(17)14-18(26(25)33)27(34)30-19-10-7-11-21(24(19)29)38-4-2/h5-14,33H,3-4H2,1-2H3,(H,30,34)(H,35,36,37). The molecule has 0 unspecified atom stereocenters. The van der Waals surface area contributed by atoms with Crippen molar-refractivity contribution in [3.05, 3.63) is 81.8 Å². The van der Waals surface area contributed by atoms with Gasteiger partial charge in [0, 0.05) is 5.39 Å². The number of hydrogen-bond donors (Lipinski definition) is 3. The lowest BCUT2D eigenvalue weighted by molar-refractivity contribution is 0.102. The Morgan fingerprint density at radius 3 is 2.44 bits per heavy atom. The molecule has 4 rings (SSSR count). The zero-order chi connectivity index (χ0) is 28.3. The van der Waals surface area contributed by atoms with Gasteiger partial charge in [-0.1, -0.05) is 60.5 Å². The number of aromatic hydroxyl groups is 1. The number of phenolic OH excluding ortho intramolecular Hbond substituents is 1. The van der Waals surface area contributed by atoms with Crippen molar-refractivity contribution in [2.75, 3.05) is 11.9 Å². The van der Waals surface area contributed by atoms with Crippen LogP contribution >= 0.6 is 23.2 Å². The molecule has 4 aromatic rings. The summed E-state index contributed by atoms with van der Waals surface area (Å²) in [4.78, 5) is 12.9. The van der Waals surface area contributed by atoms with E-state index in [9.17, 15) is 22.9 Å². The normalized spacial score (nSPS) is 11.7. The molecule has 0 atom stereocenters. The van der Waals surface area contributed by atoms with Gasteiger partial charge in [0.2, 0.25) is 0 Å². The van der Waals surface area contributed by atoms with Gasteiger partial charge in [-0.2, -0.15) is 8.42 Å². The number of phenols is 1. The van der Waals surface area contributed by atoms with Gasteiger partial charge in [0.05, 0.1) is 27.8 Å². The highest BCUT2D eigenvalue weighted by atomic mass is 35.5. The summed E-state index contributed by atoms with van der Waals surface area (Å²) < 4.78 is 38.4. The second-order valence-electron chi connectivity index (χ2n) is 8.25. The molecule has 202 valence electrons. The Morgan fingerprint density at radius 2 is 1.74 bits per heavy atom. The van der Waals surface area contributed by atoms with E-state index in [0.29, 0.717) is 28.8 Å². The van der Waals surface area contributed by atoms with Crippen molar-refractivity contribution in [2.45, 2.75) is 25.2 Å². The number of azo groups is 1. The average Bonchev–Trinajstić information content (AvgIpc) is 2.90. The predicted octanol–water partition coefficient (Wildman–Crippen LogP) is 7.73. The SMILES string of the molecule is CCOc1cccc(NC(=O)c2cc3ccccc3c(N=Nc3ccc(S(=O)(=O)O)c(CC)c3Cl)c2O)c1Cl. The molecule has 39 heavy (non-hydrogen) atoms. The van der Waals surface area contributed by atoms with Crippen LogP contribution in [0.5, 0.6) is 11.5 Å². The van der Waals surface area contributed by atoms with E-state index in [0.717, 1.165) is 0 Å². The fourth-order valence-corrected chi connectivity index (χ4v) is 5.42. The molecule has 12 heteroatoms. The zero-order valence-corrected chi connectivity index (χ0v) is 23.1. The highest BCUT2D eigenvalue weighted by Crippen LogP contribution is 2.41. The quantitative estimate of drug-likeness (QED) is 0.142. The maximum absolute atomic E-state index is 13.3. The number of amides is 1. The molecule has 0 saturated carbocycles. The number of anilines is 1. The fourth-order valence-electron chi connectivity index (χ4n) is 4.00. The highest BCUT2D eigenvalue weighted by molar-refractivity contribution is 7.85. The third-order valence-electron chi connectivity index (χ3n) is 5.82. The molecule has 3 N–H and O–H groups in total. The molecule has 0 aliphatic heterocycles. The zero-order valence-electron chi connectivity index (χ0n) is 20.8. The van der Waals surface area contributed by atoms with Crippen LogP contribution in [0.1, 0.15) is 29.8 Å². The second kappa shape index (κ2) is 11.6. The molecule has 0 saturated heterocycles. The number of nitrogens with one attached hydrogen (secondary N) is 1.